The Hall–Kier alpha value is -6.62. The largest absolute Gasteiger partial charge is 0.455 e. The Labute approximate surface area is 303 Å². The molecule has 0 N–H and O–H groups in total. The summed E-state index contributed by atoms with van der Waals surface area (Å²) < 4.78 is 9.04. The number of hydrogen-bond acceptors (Lipinski definition) is 4. The van der Waals surface area contributed by atoms with Crippen molar-refractivity contribution in [2.24, 2.45) is 0 Å². The molecule has 11 rings (SSSR count). The summed E-state index contributed by atoms with van der Waals surface area (Å²) in [5.74, 6) is 0.692. The first-order chi connectivity index (χ1) is 25.7. The average molecular weight is 681 g/mol. The fourth-order valence-electron chi connectivity index (χ4n) is 7.73. The molecular formula is C48H28N2OS. The summed E-state index contributed by atoms with van der Waals surface area (Å²) in [4.78, 5) is 10.7. The molecule has 0 aliphatic rings. The molecule has 8 aromatic carbocycles. The van der Waals surface area contributed by atoms with Crippen molar-refractivity contribution < 1.29 is 4.42 Å². The number of hydrogen-bond donors (Lipinski definition) is 0. The minimum atomic E-state index is 0.692. The van der Waals surface area contributed by atoms with Crippen LogP contribution in [0.25, 0.3) is 109 Å². The van der Waals surface area contributed by atoms with Crippen molar-refractivity contribution >= 4 is 75.1 Å². The van der Waals surface area contributed by atoms with Gasteiger partial charge in [-0.3, -0.25) is 0 Å². The van der Waals surface area contributed by atoms with Gasteiger partial charge in [-0.05, 0) is 68.6 Å². The van der Waals surface area contributed by atoms with Crippen molar-refractivity contribution in [3.05, 3.63) is 170 Å². The number of aromatic nitrogens is 2. The van der Waals surface area contributed by atoms with Crippen molar-refractivity contribution in [2.75, 3.05) is 0 Å². The van der Waals surface area contributed by atoms with Gasteiger partial charge in [0.15, 0.2) is 5.82 Å². The third-order valence-electron chi connectivity index (χ3n) is 10.3. The smallest absolute Gasteiger partial charge is 0.161 e. The second kappa shape index (κ2) is 11.5. The van der Waals surface area contributed by atoms with Crippen LogP contribution in [0.2, 0.25) is 0 Å². The van der Waals surface area contributed by atoms with E-state index in [1.165, 1.54) is 37.4 Å². The highest BCUT2D eigenvalue weighted by Crippen LogP contribution is 2.44. The van der Waals surface area contributed by atoms with Crippen LogP contribution in [0.5, 0.6) is 0 Å². The maximum atomic E-state index is 6.74. The van der Waals surface area contributed by atoms with Crippen molar-refractivity contribution in [3.63, 3.8) is 0 Å². The number of rotatable bonds is 4. The second-order valence-electron chi connectivity index (χ2n) is 13.3. The standard InChI is InChI=1S/C48H28N2OS/c1-2-10-29(11-3-1)32-21-22-34-27-35(24-23-33(34)26-32)37-15-8-16-39-43-40(17-9-18-41(43)51-46(37)39)48-49-44(36-25-20-30-12-4-5-13-31(30)28-36)47-45(50-48)38-14-6-7-19-42(38)52-47/h1-28H. The molecule has 0 bridgehead atoms. The zero-order valence-electron chi connectivity index (χ0n) is 27.9. The first-order valence-corrected chi connectivity index (χ1v) is 18.3. The van der Waals surface area contributed by atoms with E-state index in [2.05, 4.69) is 170 Å². The molecule has 0 aliphatic heterocycles. The molecule has 0 amide bonds. The predicted molar refractivity (Wildman–Crippen MR) is 219 cm³/mol. The normalized spacial score (nSPS) is 11.8. The monoisotopic (exact) mass is 680 g/mol. The van der Waals surface area contributed by atoms with Crippen molar-refractivity contribution in [1.29, 1.82) is 0 Å². The molecule has 0 saturated carbocycles. The molecule has 0 aliphatic carbocycles. The lowest BCUT2D eigenvalue weighted by Gasteiger charge is -2.09. The van der Waals surface area contributed by atoms with Crippen LogP contribution in [0.4, 0.5) is 0 Å². The quantitative estimate of drug-likeness (QED) is 0.186. The first kappa shape index (κ1) is 29.1. The summed E-state index contributed by atoms with van der Waals surface area (Å²) in [5, 5.41) is 8.02. The number of benzene rings is 8. The number of nitrogens with zero attached hydrogens (tertiary/aromatic N) is 2. The Morgan fingerprint density at radius 2 is 1.10 bits per heavy atom. The SMILES string of the molecule is c1ccc(-c2ccc3cc(-c4cccc5c4oc4cccc(-c6nc(-c7ccc8ccccc8c7)c7sc8ccccc8c7n6)c45)ccc3c2)cc1. The van der Waals surface area contributed by atoms with Gasteiger partial charge in [-0.15, -0.1) is 11.3 Å². The number of thiophene rings is 1. The molecule has 0 atom stereocenters. The average Bonchev–Trinajstić information content (AvgIpc) is 3.79. The van der Waals surface area contributed by atoms with Gasteiger partial charge in [0.05, 0.1) is 15.9 Å². The lowest BCUT2D eigenvalue weighted by molar-refractivity contribution is 0.670. The summed E-state index contributed by atoms with van der Waals surface area (Å²) >= 11 is 1.76. The Morgan fingerprint density at radius 3 is 2.00 bits per heavy atom. The summed E-state index contributed by atoms with van der Waals surface area (Å²) in [6.07, 6.45) is 0. The van der Waals surface area contributed by atoms with E-state index in [0.717, 1.165) is 65.5 Å². The van der Waals surface area contributed by atoms with Crippen LogP contribution in [0.3, 0.4) is 0 Å². The minimum absolute atomic E-state index is 0.692. The Bertz CT molecular complexity index is 3190. The molecular weight excluding hydrogens is 653 g/mol. The lowest BCUT2D eigenvalue weighted by atomic mass is 9.96. The predicted octanol–water partition coefficient (Wildman–Crippen LogP) is 13.7. The molecule has 3 aromatic heterocycles. The number of para-hydroxylation sites is 1. The summed E-state index contributed by atoms with van der Waals surface area (Å²) in [7, 11) is 0. The highest BCUT2D eigenvalue weighted by molar-refractivity contribution is 7.26. The molecule has 4 heteroatoms. The van der Waals surface area contributed by atoms with Gasteiger partial charge in [-0.25, -0.2) is 9.97 Å². The van der Waals surface area contributed by atoms with Crippen molar-refractivity contribution in [1.82, 2.24) is 9.97 Å². The molecule has 0 fully saturated rings. The zero-order valence-corrected chi connectivity index (χ0v) is 28.7. The van der Waals surface area contributed by atoms with Crippen LogP contribution in [-0.2, 0) is 0 Å². The summed E-state index contributed by atoms with van der Waals surface area (Å²) in [6, 6.07) is 60.2. The van der Waals surface area contributed by atoms with Gasteiger partial charge in [-0.1, -0.05) is 140 Å². The molecule has 242 valence electrons. The van der Waals surface area contributed by atoms with Crippen LogP contribution in [0.1, 0.15) is 0 Å². The van der Waals surface area contributed by atoms with E-state index in [1.807, 2.05) is 0 Å². The third kappa shape index (κ3) is 4.58. The van der Waals surface area contributed by atoms with Crippen LogP contribution >= 0.6 is 11.3 Å². The Morgan fingerprint density at radius 1 is 0.442 bits per heavy atom. The molecule has 0 saturated heterocycles. The molecule has 11 aromatic rings. The number of furan rings is 1. The van der Waals surface area contributed by atoms with Crippen LogP contribution in [0.15, 0.2) is 174 Å². The van der Waals surface area contributed by atoms with Crippen LogP contribution in [-0.4, -0.2) is 9.97 Å². The molecule has 0 radical (unpaired) electrons. The van der Waals surface area contributed by atoms with E-state index in [4.69, 9.17) is 14.4 Å². The number of fused-ring (bicyclic) bond motifs is 8. The van der Waals surface area contributed by atoms with Gasteiger partial charge in [0.1, 0.15) is 11.2 Å². The van der Waals surface area contributed by atoms with E-state index < -0.39 is 0 Å². The molecule has 0 spiro atoms. The maximum Gasteiger partial charge on any atom is 0.161 e. The Kier molecular flexibility index (Phi) is 6.42. The Balaban J connectivity index is 1.10. The van der Waals surface area contributed by atoms with Crippen LogP contribution in [0, 0.1) is 0 Å². The van der Waals surface area contributed by atoms with E-state index in [-0.39, 0.29) is 0 Å². The van der Waals surface area contributed by atoms with Gasteiger partial charge in [0, 0.05) is 37.5 Å². The van der Waals surface area contributed by atoms with E-state index in [0.29, 0.717) is 5.82 Å². The topological polar surface area (TPSA) is 38.9 Å². The summed E-state index contributed by atoms with van der Waals surface area (Å²) in [5.41, 5.74) is 10.3. The van der Waals surface area contributed by atoms with E-state index in [9.17, 15) is 0 Å². The fraction of sp³-hybridized carbons (Fsp3) is 0. The first-order valence-electron chi connectivity index (χ1n) is 17.5. The van der Waals surface area contributed by atoms with Crippen molar-refractivity contribution in [2.45, 2.75) is 0 Å². The third-order valence-corrected chi connectivity index (χ3v) is 11.4. The summed E-state index contributed by atoms with van der Waals surface area (Å²) in [6.45, 7) is 0. The lowest BCUT2D eigenvalue weighted by Crippen LogP contribution is -1.94. The van der Waals surface area contributed by atoms with Gasteiger partial charge in [0.25, 0.3) is 0 Å². The maximum absolute atomic E-state index is 6.74. The van der Waals surface area contributed by atoms with Gasteiger partial charge < -0.3 is 4.42 Å². The second-order valence-corrected chi connectivity index (χ2v) is 14.4. The van der Waals surface area contributed by atoms with Gasteiger partial charge >= 0.3 is 0 Å². The zero-order chi connectivity index (χ0) is 34.2. The van der Waals surface area contributed by atoms with E-state index >= 15 is 0 Å². The van der Waals surface area contributed by atoms with Gasteiger partial charge in [-0.2, -0.15) is 0 Å². The molecule has 3 nitrogen and oxygen atoms in total. The highest BCUT2D eigenvalue weighted by Gasteiger charge is 2.21. The van der Waals surface area contributed by atoms with Crippen LogP contribution < -0.4 is 0 Å². The molecule has 0 unspecified atom stereocenters. The van der Waals surface area contributed by atoms with E-state index in [1.54, 1.807) is 11.3 Å². The van der Waals surface area contributed by atoms with Gasteiger partial charge in [0.2, 0.25) is 0 Å². The molecule has 52 heavy (non-hydrogen) atoms. The minimum Gasteiger partial charge on any atom is -0.455 e. The molecule has 3 heterocycles. The highest BCUT2D eigenvalue weighted by atomic mass is 32.1. The fourth-order valence-corrected chi connectivity index (χ4v) is 8.88. The van der Waals surface area contributed by atoms with Crippen molar-refractivity contribution in [3.8, 4) is 44.9 Å².